The maximum Gasteiger partial charge on any atom is 0.178 e. The highest BCUT2D eigenvalue weighted by Gasteiger charge is 2.15. The van der Waals surface area contributed by atoms with E-state index in [2.05, 4.69) is 5.32 Å². The summed E-state index contributed by atoms with van der Waals surface area (Å²) in [5.41, 5.74) is 0.998. The molecule has 5 heteroatoms. The van der Waals surface area contributed by atoms with Crippen molar-refractivity contribution < 1.29 is 8.42 Å². The minimum absolute atomic E-state index is 0.151. The third-order valence-electron chi connectivity index (χ3n) is 3.15. The van der Waals surface area contributed by atoms with Crippen LogP contribution in [0.5, 0.6) is 0 Å². The van der Waals surface area contributed by atoms with Gasteiger partial charge in [0.2, 0.25) is 0 Å². The van der Waals surface area contributed by atoms with Crippen molar-refractivity contribution in [1.82, 2.24) is 0 Å². The number of sulfone groups is 1. The number of thioether (sulfide) groups is 1. The molecular weight excluding hydrogens is 266 g/mol. The monoisotopic (exact) mass is 285 g/mol. The average Bonchev–Trinajstić information content (AvgIpc) is 2.90. The molecule has 1 aromatic rings. The van der Waals surface area contributed by atoms with Crippen LogP contribution in [0.3, 0.4) is 0 Å². The molecule has 0 aromatic heterocycles. The van der Waals surface area contributed by atoms with E-state index in [1.54, 1.807) is 19.1 Å². The van der Waals surface area contributed by atoms with Gasteiger partial charge in [0.05, 0.1) is 10.6 Å². The van der Waals surface area contributed by atoms with Crippen LogP contribution >= 0.6 is 11.8 Å². The summed E-state index contributed by atoms with van der Waals surface area (Å²) >= 11 is 2.01. The van der Waals surface area contributed by atoms with Crippen LogP contribution in [0, 0.1) is 0 Å². The molecule has 0 bridgehead atoms. The maximum absolute atomic E-state index is 11.7. The van der Waals surface area contributed by atoms with E-state index in [9.17, 15) is 8.42 Å². The van der Waals surface area contributed by atoms with E-state index in [-0.39, 0.29) is 5.75 Å². The summed E-state index contributed by atoms with van der Waals surface area (Å²) in [4.78, 5) is 0.408. The molecule has 1 atom stereocenters. The molecular formula is C13H19NO2S2. The molecule has 1 unspecified atom stereocenters. The third-order valence-corrected chi connectivity index (χ3v) is 6.30. The van der Waals surface area contributed by atoms with E-state index in [0.717, 1.165) is 12.2 Å². The first-order valence-corrected chi connectivity index (χ1v) is 9.00. The molecule has 1 fully saturated rings. The van der Waals surface area contributed by atoms with Gasteiger partial charge in [-0.2, -0.15) is 11.8 Å². The highest BCUT2D eigenvalue weighted by molar-refractivity contribution is 8.00. The van der Waals surface area contributed by atoms with Gasteiger partial charge in [-0.3, -0.25) is 0 Å². The Morgan fingerprint density at radius 1 is 1.33 bits per heavy atom. The van der Waals surface area contributed by atoms with Gasteiger partial charge in [-0.1, -0.05) is 6.92 Å². The molecule has 0 saturated carbocycles. The Hall–Kier alpha value is -0.680. The fourth-order valence-corrected chi connectivity index (χ4v) is 4.07. The van der Waals surface area contributed by atoms with E-state index >= 15 is 0 Å². The Kier molecular flexibility index (Phi) is 4.56. The van der Waals surface area contributed by atoms with Gasteiger partial charge in [-0.25, -0.2) is 8.42 Å². The predicted molar refractivity (Wildman–Crippen MR) is 78.1 cm³/mol. The molecule has 1 aromatic carbocycles. The van der Waals surface area contributed by atoms with Crippen LogP contribution in [0.4, 0.5) is 5.69 Å². The molecule has 2 rings (SSSR count). The lowest BCUT2D eigenvalue weighted by molar-refractivity contribution is 0.597. The Bertz CT molecular complexity index is 476. The van der Waals surface area contributed by atoms with Crippen LogP contribution in [-0.4, -0.2) is 31.7 Å². The van der Waals surface area contributed by atoms with Gasteiger partial charge in [0.1, 0.15) is 0 Å². The summed E-state index contributed by atoms with van der Waals surface area (Å²) in [6.07, 6.45) is 2.59. The second kappa shape index (κ2) is 5.97. The van der Waals surface area contributed by atoms with Crippen LogP contribution < -0.4 is 5.32 Å². The first-order chi connectivity index (χ1) is 8.62. The number of rotatable bonds is 5. The standard InChI is InChI=1S/C13H19NO2S2/c1-2-18(15,16)13-7-5-11(6-8-13)14-10-12-4-3-9-17-12/h5-8,12,14H,2-4,9-10H2,1H3. The lowest BCUT2D eigenvalue weighted by atomic mass is 10.2. The second-order valence-electron chi connectivity index (χ2n) is 4.44. The molecule has 1 N–H and O–H groups in total. The predicted octanol–water partition coefficient (Wildman–Crippen LogP) is 2.79. The van der Waals surface area contributed by atoms with E-state index in [4.69, 9.17) is 0 Å². The molecule has 1 saturated heterocycles. The molecule has 0 radical (unpaired) electrons. The van der Waals surface area contributed by atoms with E-state index < -0.39 is 9.84 Å². The number of hydrogen-bond acceptors (Lipinski definition) is 4. The van der Waals surface area contributed by atoms with Crippen molar-refractivity contribution in [2.75, 3.05) is 23.4 Å². The summed E-state index contributed by atoms with van der Waals surface area (Å²) in [5.74, 6) is 1.42. The molecule has 0 spiro atoms. The highest BCUT2D eigenvalue weighted by Crippen LogP contribution is 2.26. The molecule has 1 aliphatic heterocycles. The lowest BCUT2D eigenvalue weighted by Gasteiger charge is -2.11. The summed E-state index contributed by atoms with van der Waals surface area (Å²) in [6, 6.07) is 7.07. The van der Waals surface area contributed by atoms with Crippen LogP contribution in [-0.2, 0) is 9.84 Å². The largest absolute Gasteiger partial charge is 0.384 e. The van der Waals surface area contributed by atoms with Crippen LogP contribution in [0.25, 0.3) is 0 Å². The SMILES string of the molecule is CCS(=O)(=O)c1ccc(NCC2CCCS2)cc1. The molecule has 1 heterocycles. The number of anilines is 1. The Labute approximate surface area is 113 Å². The Morgan fingerprint density at radius 3 is 2.61 bits per heavy atom. The summed E-state index contributed by atoms with van der Waals surface area (Å²) in [7, 11) is -3.08. The van der Waals surface area contributed by atoms with Crippen LogP contribution in [0.1, 0.15) is 19.8 Å². The van der Waals surface area contributed by atoms with Crippen molar-refractivity contribution in [3.8, 4) is 0 Å². The fraction of sp³-hybridized carbons (Fsp3) is 0.538. The third kappa shape index (κ3) is 3.42. The first kappa shape index (κ1) is 13.7. The van der Waals surface area contributed by atoms with E-state index in [1.807, 2.05) is 23.9 Å². The van der Waals surface area contributed by atoms with Gasteiger partial charge in [0.15, 0.2) is 9.84 Å². The summed E-state index contributed by atoms with van der Waals surface area (Å²) in [6.45, 7) is 2.63. The average molecular weight is 285 g/mol. The van der Waals surface area contributed by atoms with Crippen molar-refractivity contribution >= 4 is 27.3 Å². The molecule has 0 amide bonds. The second-order valence-corrected chi connectivity index (χ2v) is 8.13. The van der Waals surface area contributed by atoms with Crippen molar-refractivity contribution in [3.05, 3.63) is 24.3 Å². The Morgan fingerprint density at radius 2 is 2.06 bits per heavy atom. The fourth-order valence-electron chi connectivity index (χ4n) is 1.98. The topological polar surface area (TPSA) is 46.2 Å². The normalized spacial score (nSPS) is 19.9. The zero-order valence-electron chi connectivity index (χ0n) is 10.6. The van der Waals surface area contributed by atoms with Gasteiger partial charge in [0.25, 0.3) is 0 Å². The number of nitrogens with one attached hydrogen (secondary N) is 1. The summed E-state index contributed by atoms with van der Waals surface area (Å²) < 4.78 is 23.3. The molecule has 100 valence electrons. The quantitative estimate of drug-likeness (QED) is 0.903. The van der Waals surface area contributed by atoms with E-state index in [0.29, 0.717) is 10.1 Å². The zero-order valence-corrected chi connectivity index (χ0v) is 12.2. The van der Waals surface area contributed by atoms with Crippen molar-refractivity contribution in [1.29, 1.82) is 0 Å². The Balaban J connectivity index is 1.95. The molecule has 18 heavy (non-hydrogen) atoms. The minimum atomic E-state index is -3.08. The van der Waals surface area contributed by atoms with Gasteiger partial charge in [-0.15, -0.1) is 0 Å². The van der Waals surface area contributed by atoms with Gasteiger partial charge in [0, 0.05) is 17.5 Å². The summed E-state index contributed by atoms with van der Waals surface area (Å²) in [5, 5.41) is 4.07. The lowest BCUT2D eigenvalue weighted by Crippen LogP contribution is -2.13. The molecule has 0 aliphatic carbocycles. The van der Waals surface area contributed by atoms with E-state index in [1.165, 1.54) is 18.6 Å². The van der Waals surface area contributed by atoms with Crippen molar-refractivity contribution in [2.45, 2.75) is 29.9 Å². The van der Waals surface area contributed by atoms with Gasteiger partial charge in [-0.05, 0) is 42.9 Å². The van der Waals surface area contributed by atoms with Gasteiger partial charge >= 0.3 is 0 Å². The number of hydrogen-bond donors (Lipinski definition) is 1. The molecule has 3 nitrogen and oxygen atoms in total. The van der Waals surface area contributed by atoms with Crippen LogP contribution in [0.2, 0.25) is 0 Å². The van der Waals surface area contributed by atoms with Gasteiger partial charge < -0.3 is 5.32 Å². The maximum atomic E-state index is 11.7. The number of benzene rings is 1. The van der Waals surface area contributed by atoms with Crippen molar-refractivity contribution in [3.63, 3.8) is 0 Å². The molecule has 1 aliphatic rings. The minimum Gasteiger partial charge on any atom is -0.384 e. The van der Waals surface area contributed by atoms with Crippen LogP contribution in [0.15, 0.2) is 29.2 Å². The smallest absolute Gasteiger partial charge is 0.178 e. The zero-order chi connectivity index (χ0) is 13.0. The van der Waals surface area contributed by atoms with Crippen molar-refractivity contribution in [2.24, 2.45) is 0 Å². The first-order valence-electron chi connectivity index (χ1n) is 6.30. The highest BCUT2D eigenvalue weighted by atomic mass is 32.2.